The molecule has 0 N–H and O–H groups in total. The Hall–Kier alpha value is -0.387. The van der Waals surface area contributed by atoms with E-state index in [-0.39, 0.29) is 5.41 Å². The first-order valence-corrected chi connectivity index (χ1v) is 10.7. The third-order valence-electron chi connectivity index (χ3n) is 2.44. The number of aryl methyl sites for hydroxylation is 3. The van der Waals surface area contributed by atoms with Crippen LogP contribution in [0.1, 0.15) is 37.5 Å². The van der Waals surface area contributed by atoms with Crippen molar-refractivity contribution >= 4 is 27.8 Å². The van der Waals surface area contributed by atoms with Crippen molar-refractivity contribution in [2.24, 2.45) is 5.41 Å². The Morgan fingerprint density at radius 2 is 1.53 bits per heavy atom. The first-order chi connectivity index (χ1) is 7.70. The molecule has 0 saturated carbocycles. The van der Waals surface area contributed by atoms with Crippen molar-refractivity contribution in [2.75, 3.05) is 0 Å². The topological polar surface area (TPSA) is 0 Å². The number of rotatable bonds is 1. The van der Waals surface area contributed by atoms with Crippen molar-refractivity contribution in [3.8, 4) is 10.7 Å². The zero-order valence-electron chi connectivity index (χ0n) is 11.5. The number of benzene rings is 1. The van der Waals surface area contributed by atoms with Crippen LogP contribution in [0.2, 0.25) is 0 Å². The fourth-order valence-corrected chi connectivity index (χ4v) is 6.66. The molecule has 0 aliphatic rings. The van der Waals surface area contributed by atoms with Gasteiger partial charge in [-0.15, -0.1) is 0 Å². The van der Waals surface area contributed by atoms with Gasteiger partial charge in [0, 0.05) is 0 Å². The van der Waals surface area contributed by atoms with E-state index in [0.717, 1.165) is 0 Å². The summed E-state index contributed by atoms with van der Waals surface area (Å²) in [6, 6.07) is 4.41. The maximum absolute atomic E-state index is 6.57. The van der Waals surface area contributed by atoms with Crippen LogP contribution in [-0.4, -0.2) is 13.4 Å². The van der Waals surface area contributed by atoms with Gasteiger partial charge >= 0.3 is 114 Å². The molecule has 0 amide bonds. The summed E-state index contributed by atoms with van der Waals surface area (Å²) in [6.45, 7) is 12.8. The Labute approximate surface area is 114 Å². The van der Waals surface area contributed by atoms with Gasteiger partial charge in [-0.3, -0.25) is 0 Å². The second kappa shape index (κ2) is 5.50. The summed E-state index contributed by atoms with van der Waals surface area (Å²) in [5, 5.41) is 0. The molecule has 0 fully saturated rings. The molecule has 1 aromatic carbocycles. The van der Waals surface area contributed by atoms with Gasteiger partial charge in [-0.25, -0.2) is 0 Å². The molecule has 0 aliphatic heterocycles. The van der Waals surface area contributed by atoms with Gasteiger partial charge in [-0.1, -0.05) is 0 Å². The van der Waals surface area contributed by atoms with Gasteiger partial charge in [0.25, 0.3) is 0 Å². The summed E-state index contributed by atoms with van der Waals surface area (Å²) in [5.41, 5.74) is 3.95. The third kappa shape index (κ3) is 4.41. The Balaban J connectivity index is 3.12. The van der Waals surface area contributed by atoms with Crippen LogP contribution in [0.3, 0.4) is 0 Å². The molecule has 91 valence electrons. The van der Waals surface area contributed by atoms with Crippen molar-refractivity contribution in [1.29, 1.82) is 0 Å². The van der Waals surface area contributed by atoms with Gasteiger partial charge in [-0.2, -0.15) is 0 Å². The Morgan fingerprint density at radius 1 is 1.06 bits per heavy atom. The summed E-state index contributed by atoms with van der Waals surface area (Å²) >= 11 is -1.94. The van der Waals surface area contributed by atoms with Crippen LogP contribution in [0.4, 0.5) is 0 Å². The summed E-state index contributed by atoms with van der Waals surface area (Å²) in [4.78, 5) is 0. The zero-order chi connectivity index (χ0) is 13.2. The van der Waals surface area contributed by atoms with Crippen molar-refractivity contribution in [3.05, 3.63) is 28.8 Å². The first-order valence-electron chi connectivity index (χ1n) is 5.84. The summed E-state index contributed by atoms with van der Waals surface area (Å²) in [6.07, 6.45) is 0. The van der Waals surface area contributed by atoms with Crippen LogP contribution in [0.25, 0.3) is 0 Å². The van der Waals surface area contributed by atoms with Crippen LogP contribution < -0.4 is 4.40 Å². The molecule has 0 spiro atoms. The molecule has 0 nitrogen and oxygen atoms in total. The number of hydrogen-bond acceptors (Lipinski definition) is 0. The molecule has 0 aliphatic carbocycles. The average molecular weight is 308 g/mol. The number of hydrogen-bond donors (Lipinski definition) is 0. The minimum absolute atomic E-state index is 0.0413. The molecule has 0 unspecified atom stereocenters. The minimum atomic E-state index is -1.94. The molecule has 0 aromatic heterocycles. The normalized spacial score (nSPS) is 11.3. The summed E-state index contributed by atoms with van der Waals surface area (Å²) < 4.78 is 4.65. The SMILES string of the molecule is Cc1cc(C)[c]([Ge]([Cl])[C]#CC(C)(C)C)c(C)c1. The second-order valence-corrected chi connectivity index (χ2v) is 10.4. The van der Waals surface area contributed by atoms with Crippen molar-refractivity contribution < 1.29 is 0 Å². The van der Waals surface area contributed by atoms with E-state index in [2.05, 4.69) is 64.3 Å². The van der Waals surface area contributed by atoms with E-state index in [1.54, 1.807) is 0 Å². The number of halogens is 1. The standard InChI is InChI=1S/C15H20ClGe/c1-11-9-12(2)14(13(3)10-11)17(16)8-7-15(4,5)6/h9-10H,1-6H3. The van der Waals surface area contributed by atoms with Crippen LogP contribution in [0, 0.1) is 36.9 Å². The second-order valence-electron chi connectivity index (χ2n) is 5.59. The van der Waals surface area contributed by atoms with Gasteiger partial charge in [0.05, 0.1) is 0 Å². The van der Waals surface area contributed by atoms with Gasteiger partial charge in [0.15, 0.2) is 0 Å². The molecule has 0 bridgehead atoms. The van der Waals surface area contributed by atoms with E-state index in [1.165, 1.54) is 21.1 Å². The van der Waals surface area contributed by atoms with E-state index in [1.807, 2.05) is 0 Å². The van der Waals surface area contributed by atoms with E-state index >= 15 is 0 Å². The fraction of sp³-hybridized carbons (Fsp3) is 0.467. The molecule has 1 aromatic rings. The molecular formula is C15H20ClGe. The third-order valence-corrected chi connectivity index (χ3v) is 7.22. The molecule has 1 radical (unpaired) electrons. The van der Waals surface area contributed by atoms with Crippen LogP contribution in [-0.2, 0) is 0 Å². The van der Waals surface area contributed by atoms with Crippen molar-refractivity contribution in [2.45, 2.75) is 41.5 Å². The van der Waals surface area contributed by atoms with Crippen LogP contribution in [0.15, 0.2) is 12.1 Å². The van der Waals surface area contributed by atoms with E-state index in [0.29, 0.717) is 0 Å². The van der Waals surface area contributed by atoms with Crippen LogP contribution >= 0.6 is 10.0 Å². The Morgan fingerprint density at radius 3 is 1.94 bits per heavy atom. The fourth-order valence-electron chi connectivity index (χ4n) is 1.83. The average Bonchev–Trinajstić information content (AvgIpc) is 2.11. The quantitative estimate of drug-likeness (QED) is 0.549. The van der Waals surface area contributed by atoms with E-state index in [4.69, 9.17) is 10.0 Å². The van der Waals surface area contributed by atoms with E-state index < -0.39 is 13.4 Å². The Kier molecular flexibility index (Phi) is 4.75. The molecule has 1 rings (SSSR count). The molecule has 0 saturated heterocycles. The van der Waals surface area contributed by atoms with Gasteiger partial charge < -0.3 is 0 Å². The first kappa shape index (κ1) is 14.7. The summed E-state index contributed by atoms with van der Waals surface area (Å²) in [7, 11) is 6.57. The monoisotopic (exact) mass is 309 g/mol. The van der Waals surface area contributed by atoms with Gasteiger partial charge in [0.2, 0.25) is 0 Å². The molecular weight excluding hydrogens is 288 g/mol. The van der Waals surface area contributed by atoms with E-state index in [9.17, 15) is 0 Å². The van der Waals surface area contributed by atoms with Crippen molar-refractivity contribution in [1.82, 2.24) is 0 Å². The van der Waals surface area contributed by atoms with Gasteiger partial charge in [-0.05, 0) is 0 Å². The maximum atomic E-state index is 6.57. The zero-order valence-corrected chi connectivity index (χ0v) is 14.4. The molecule has 17 heavy (non-hydrogen) atoms. The Bertz CT molecular complexity index is 449. The predicted octanol–water partition coefficient (Wildman–Crippen LogP) is 3.64. The molecule has 0 atom stereocenters. The van der Waals surface area contributed by atoms with Crippen LogP contribution in [0.5, 0.6) is 0 Å². The summed E-state index contributed by atoms with van der Waals surface area (Å²) in [5.74, 6) is 3.28. The predicted molar refractivity (Wildman–Crippen MR) is 79.1 cm³/mol. The van der Waals surface area contributed by atoms with Crippen molar-refractivity contribution in [3.63, 3.8) is 0 Å². The molecule has 2 heteroatoms. The van der Waals surface area contributed by atoms with Gasteiger partial charge in [0.1, 0.15) is 0 Å². The molecule has 0 heterocycles.